The average Bonchev–Trinajstić information content (AvgIpc) is 3.01. The fourth-order valence-corrected chi connectivity index (χ4v) is 3.82. The summed E-state index contributed by atoms with van der Waals surface area (Å²) in [4.78, 5) is 21.3. The lowest BCUT2D eigenvalue weighted by atomic mass is 10.2. The van der Waals surface area contributed by atoms with Crippen LogP contribution in [0.25, 0.3) is 0 Å². The normalized spacial score (nSPS) is 15.8. The van der Waals surface area contributed by atoms with Gasteiger partial charge in [-0.05, 0) is 25.1 Å². The van der Waals surface area contributed by atoms with Crippen LogP contribution in [0.3, 0.4) is 0 Å². The lowest BCUT2D eigenvalue weighted by Crippen LogP contribution is -2.48. The summed E-state index contributed by atoms with van der Waals surface area (Å²) in [7, 11) is 1.56. The molecule has 1 aromatic carbocycles. The Balaban J connectivity index is 1.43. The van der Waals surface area contributed by atoms with E-state index in [0.29, 0.717) is 23.0 Å². The number of nitrogens with zero attached hydrogens (tertiary/aromatic N) is 3. The number of aryl methyl sites for hydroxylation is 1. The van der Waals surface area contributed by atoms with Gasteiger partial charge in [-0.3, -0.25) is 14.6 Å². The molecule has 6 nitrogen and oxygen atoms in total. The smallest absolute Gasteiger partial charge is 0.238 e. The molecule has 2 aromatic rings. The molecule has 0 aliphatic carbocycles. The van der Waals surface area contributed by atoms with Crippen molar-refractivity contribution in [2.75, 3.05) is 45.2 Å². The molecule has 1 aromatic heterocycles. The van der Waals surface area contributed by atoms with E-state index in [1.807, 2.05) is 6.92 Å². The second-order valence-corrected chi connectivity index (χ2v) is 7.78. The van der Waals surface area contributed by atoms with Crippen LogP contribution in [0.15, 0.2) is 23.6 Å². The highest BCUT2D eigenvalue weighted by molar-refractivity contribution is 7.09. The number of halogens is 1. The van der Waals surface area contributed by atoms with E-state index in [1.54, 1.807) is 36.6 Å². The first-order chi connectivity index (χ1) is 12.5. The van der Waals surface area contributed by atoms with Crippen LogP contribution < -0.4 is 10.1 Å². The Morgan fingerprint density at radius 2 is 2.04 bits per heavy atom. The largest absolute Gasteiger partial charge is 0.495 e. The maximum Gasteiger partial charge on any atom is 0.238 e. The predicted molar refractivity (Wildman–Crippen MR) is 105 cm³/mol. The Hall–Kier alpha value is -1.67. The van der Waals surface area contributed by atoms with E-state index in [2.05, 4.69) is 25.5 Å². The van der Waals surface area contributed by atoms with Gasteiger partial charge in [0.25, 0.3) is 0 Å². The van der Waals surface area contributed by atoms with Gasteiger partial charge in [0, 0.05) is 43.8 Å². The van der Waals surface area contributed by atoms with Gasteiger partial charge < -0.3 is 10.1 Å². The van der Waals surface area contributed by atoms with E-state index in [4.69, 9.17) is 16.3 Å². The van der Waals surface area contributed by atoms with E-state index in [1.165, 1.54) is 0 Å². The quantitative estimate of drug-likeness (QED) is 0.816. The third-order valence-electron chi connectivity index (χ3n) is 4.32. The second-order valence-electron chi connectivity index (χ2n) is 6.31. The first-order valence-electron chi connectivity index (χ1n) is 8.52. The van der Waals surface area contributed by atoms with Crippen molar-refractivity contribution in [3.63, 3.8) is 0 Å². The molecular weight excluding hydrogens is 372 g/mol. The molecule has 2 heterocycles. The number of carbonyl (C=O) groups is 1. The van der Waals surface area contributed by atoms with Crippen molar-refractivity contribution in [2.24, 2.45) is 0 Å². The molecule has 1 saturated heterocycles. The first kappa shape index (κ1) is 19.1. The first-order valence-corrected chi connectivity index (χ1v) is 9.78. The zero-order chi connectivity index (χ0) is 18.5. The number of aromatic nitrogens is 1. The number of benzene rings is 1. The maximum absolute atomic E-state index is 12.3. The molecule has 3 rings (SSSR count). The Morgan fingerprint density at radius 3 is 2.65 bits per heavy atom. The van der Waals surface area contributed by atoms with Crippen molar-refractivity contribution < 1.29 is 9.53 Å². The van der Waals surface area contributed by atoms with E-state index in [9.17, 15) is 4.79 Å². The SMILES string of the molecule is COc1ccc(NC(=O)CN2CCN(Cc3csc(C)n3)CC2)cc1Cl. The van der Waals surface area contributed by atoms with E-state index >= 15 is 0 Å². The van der Waals surface area contributed by atoms with Gasteiger partial charge in [-0.2, -0.15) is 0 Å². The van der Waals surface area contributed by atoms with E-state index in [-0.39, 0.29) is 5.91 Å². The van der Waals surface area contributed by atoms with Gasteiger partial charge in [0.1, 0.15) is 5.75 Å². The molecular formula is C18H23ClN4O2S. The molecule has 0 atom stereocenters. The molecule has 8 heteroatoms. The monoisotopic (exact) mass is 394 g/mol. The highest BCUT2D eigenvalue weighted by Gasteiger charge is 2.19. The summed E-state index contributed by atoms with van der Waals surface area (Å²) in [6.07, 6.45) is 0. The van der Waals surface area contributed by atoms with Crippen LogP contribution in [0, 0.1) is 6.92 Å². The number of methoxy groups -OCH3 is 1. The average molecular weight is 395 g/mol. The summed E-state index contributed by atoms with van der Waals surface area (Å²) in [5.74, 6) is 0.561. The van der Waals surface area contributed by atoms with E-state index < -0.39 is 0 Å². The number of rotatable bonds is 6. The third kappa shape index (κ3) is 5.17. The summed E-state index contributed by atoms with van der Waals surface area (Å²) in [6, 6.07) is 5.24. The summed E-state index contributed by atoms with van der Waals surface area (Å²) in [5.41, 5.74) is 1.81. The minimum atomic E-state index is -0.0326. The predicted octanol–water partition coefficient (Wildman–Crippen LogP) is 2.87. The van der Waals surface area contributed by atoms with Gasteiger partial charge in [-0.15, -0.1) is 11.3 Å². The standard InChI is InChI=1S/C18H23ClN4O2S/c1-13-20-15(12-26-13)10-22-5-7-23(8-6-22)11-18(24)21-14-3-4-17(25-2)16(19)9-14/h3-4,9,12H,5-8,10-11H2,1-2H3,(H,21,24). The fourth-order valence-electron chi connectivity index (χ4n) is 2.96. The lowest BCUT2D eigenvalue weighted by Gasteiger charge is -2.33. The summed E-state index contributed by atoms with van der Waals surface area (Å²) >= 11 is 7.78. The summed E-state index contributed by atoms with van der Waals surface area (Å²) < 4.78 is 5.12. The second kappa shape index (κ2) is 8.81. The van der Waals surface area contributed by atoms with Gasteiger partial charge in [0.15, 0.2) is 0 Å². The number of anilines is 1. The van der Waals surface area contributed by atoms with Gasteiger partial charge in [0.05, 0.1) is 29.4 Å². The molecule has 0 spiro atoms. The molecule has 0 unspecified atom stereocenters. The van der Waals surface area contributed by atoms with Gasteiger partial charge in [-0.1, -0.05) is 11.6 Å². The van der Waals surface area contributed by atoms with Crippen molar-refractivity contribution in [2.45, 2.75) is 13.5 Å². The van der Waals surface area contributed by atoms with Crippen LogP contribution in [0.5, 0.6) is 5.75 Å². The Kier molecular flexibility index (Phi) is 6.48. The van der Waals surface area contributed by atoms with Crippen molar-refractivity contribution in [3.05, 3.63) is 39.3 Å². The van der Waals surface area contributed by atoms with E-state index in [0.717, 1.165) is 43.4 Å². The Labute approximate surface area is 162 Å². The van der Waals surface area contributed by atoms with Crippen LogP contribution in [0.1, 0.15) is 10.7 Å². The molecule has 0 radical (unpaired) electrons. The number of carbonyl (C=O) groups excluding carboxylic acids is 1. The van der Waals surface area contributed by atoms with Gasteiger partial charge in [-0.25, -0.2) is 4.98 Å². The molecule has 1 N–H and O–H groups in total. The summed E-state index contributed by atoms with van der Waals surface area (Å²) in [6.45, 7) is 6.93. The minimum Gasteiger partial charge on any atom is -0.495 e. The van der Waals surface area contributed by atoms with Crippen LogP contribution in [0.2, 0.25) is 5.02 Å². The number of piperazine rings is 1. The van der Waals surface area contributed by atoms with Crippen LogP contribution >= 0.6 is 22.9 Å². The summed E-state index contributed by atoms with van der Waals surface area (Å²) in [5, 5.41) is 6.60. The van der Waals surface area contributed by atoms with Crippen LogP contribution in [-0.2, 0) is 11.3 Å². The molecule has 1 amide bonds. The minimum absolute atomic E-state index is 0.0326. The zero-order valence-electron chi connectivity index (χ0n) is 15.0. The Bertz CT molecular complexity index is 759. The highest BCUT2D eigenvalue weighted by Crippen LogP contribution is 2.27. The fraction of sp³-hybridized carbons (Fsp3) is 0.444. The van der Waals surface area contributed by atoms with Crippen LogP contribution in [-0.4, -0.2) is 60.5 Å². The number of nitrogens with one attached hydrogen (secondary N) is 1. The van der Waals surface area contributed by atoms with Crippen molar-refractivity contribution in [1.29, 1.82) is 0 Å². The van der Waals surface area contributed by atoms with Crippen molar-refractivity contribution in [3.8, 4) is 5.75 Å². The number of thiazole rings is 1. The molecule has 26 heavy (non-hydrogen) atoms. The lowest BCUT2D eigenvalue weighted by molar-refractivity contribution is -0.117. The molecule has 0 saturated carbocycles. The number of hydrogen-bond acceptors (Lipinski definition) is 6. The van der Waals surface area contributed by atoms with Gasteiger partial charge in [0.2, 0.25) is 5.91 Å². The number of amides is 1. The zero-order valence-corrected chi connectivity index (χ0v) is 16.6. The molecule has 1 aliphatic rings. The van der Waals surface area contributed by atoms with Gasteiger partial charge >= 0.3 is 0 Å². The Morgan fingerprint density at radius 1 is 1.31 bits per heavy atom. The maximum atomic E-state index is 12.3. The van der Waals surface area contributed by atoms with Crippen molar-refractivity contribution >= 4 is 34.5 Å². The molecule has 1 aliphatic heterocycles. The molecule has 1 fully saturated rings. The van der Waals surface area contributed by atoms with Crippen molar-refractivity contribution in [1.82, 2.24) is 14.8 Å². The highest BCUT2D eigenvalue weighted by atomic mass is 35.5. The number of hydrogen-bond donors (Lipinski definition) is 1. The molecule has 0 bridgehead atoms. The third-order valence-corrected chi connectivity index (χ3v) is 5.44. The van der Waals surface area contributed by atoms with Crippen LogP contribution in [0.4, 0.5) is 5.69 Å². The topological polar surface area (TPSA) is 57.7 Å². The number of ether oxygens (including phenoxy) is 1. The molecule has 140 valence electrons.